The molecule has 1 aromatic heterocycles. The highest BCUT2D eigenvalue weighted by Gasteiger charge is 2.31. The second kappa shape index (κ2) is 21.6. The van der Waals surface area contributed by atoms with E-state index in [9.17, 15) is 9.82 Å². The Morgan fingerprint density at radius 3 is 1.65 bits per heavy atom. The van der Waals surface area contributed by atoms with Crippen LogP contribution in [0.4, 0.5) is 22.9 Å². The van der Waals surface area contributed by atoms with Crippen LogP contribution in [0.5, 0.6) is 0 Å². The third kappa shape index (κ3) is 14.4. The van der Waals surface area contributed by atoms with Crippen LogP contribution in [0, 0.1) is 5.92 Å². The first-order chi connectivity index (χ1) is 26.5. The minimum absolute atomic E-state index is 0.157. The van der Waals surface area contributed by atoms with Crippen molar-refractivity contribution in [2.75, 3.05) is 61.4 Å². The van der Waals surface area contributed by atoms with E-state index in [-0.39, 0.29) is 13.0 Å². The van der Waals surface area contributed by atoms with Gasteiger partial charge in [0.25, 0.3) is 0 Å². The number of nitrogens with zero attached hydrogens (tertiary/aromatic N) is 4. The van der Waals surface area contributed by atoms with E-state index in [1.807, 2.05) is 67.5 Å². The number of rotatable bonds is 8. The first-order valence-electron chi connectivity index (χ1n) is 19.2. The molecule has 0 spiro atoms. The summed E-state index contributed by atoms with van der Waals surface area (Å²) in [6.45, 7) is 8.16. The third-order valence-electron chi connectivity index (χ3n) is 10.4. The minimum Gasteiger partial charge on any atom is -0.437 e. The van der Waals surface area contributed by atoms with Gasteiger partial charge in [0.15, 0.2) is 0 Å². The second-order valence-corrected chi connectivity index (χ2v) is 15.8. The quantitative estimate of drug-likeness (QED) is 0.0890. The second-order valence-electron chi connectivity index (χ2n) is 14.5. The van der Waals surface area contributed by atoms with Crippen molar-refractivity contribution in [3.8, 4) is 0 Å². The molecule has 4 heterocycles. The van der Waals surface area contributed by atoms with E-state index >= 15 is 0 Å². The van der Waals surface area contributed by atoms with Crippen molar-refractivity contribution in [3.05, 3.63) is 112 Å². The lowest BCUT2D eigenvalue weighted by Crippen LogP contribution is -2.47. The number of piperidine rings is 3. The molecule has 4 aromatic rings. The van der Waals surface area contributed by atoms with Crippen molar-refractivity contribution in [3.63, 3.8) is 0 Å². The van der Waals surface area contributed by atoms with E-state index in [0.29, 0.717) is 23.8 Å². The average Bonchev–Trinajstić information content (AvgIpc) is 3.19. The standard InChI is InChI=1S/C23H30ClN5O.C12H18BClN2O.C6H6ClN/c24-19-1-3-20(4-2-19)27-21-8-13-29(14-9-21)23(30)18-6-11-28(12-7-18)16-17-5-10-26-22(25)15-17;1-13(17)16-8-6-12(7-9-16)15-11-4-2-10(14)3-5-11;7-5-1-3-6(8)4-2-5/h1-5,10,15,18,21,27H,6-9,11-14,16H2,(H2,25,26);2-5,12,15,17H,6-9H2,1H3;1-4H,8H2. The van der Waals surface area contributed by atoms with Crippen LogP contribution in [-0.2, 0) is 11.3 Å². The smallest absolute Gasteiger partial charge is 0.376 e. The number of anilines is 4. The number of benzene rings is 3. The number of aromatic nitrogens is 1. The minimum atomic E-state index is -0.327. The molecule has 7 rings (SSSR count). The molecule has 1 amide bonds. The maximum Gasteiger partial charge on any atom is 0.376 e. The van der Waals surface area contributed by atoms with Gasteiger partial charge in [-0.1, -0.05) is 34.8 Å². The topological polar surface area (TPSA) is 136 Å². The van der Waals surface area contributed by atoms with Gasteiger partial charge in [-0.05, 0) is 162 Å². The van der Waals surface area contributed by atoms with Gasteiger partial charge in [0.2, 0.25) is 5.91 Å². The summed E-state index contributed by atoms with van der Waals surface area (Å²) >= 11 is 17.4. The molecule has 0 unspecified atom stereocenters. The van der Waals surface area contributed by atoms with Crippen molar-refractivity contribution in [1.82, 2.24) is 19.6 Å². The summed E-state index contributed by atoms with van der Waals surface area (Å²) in [5, 5.41) is 18.8. The van der Waals surface area contributed by atoms with Gasteiger partial charge >= 0.3 is 7.05 Å². The lowest BCUT2D eigenvalue weighted by atomic mass is 9.82. The van der Waals surface area contributed by atoms with Crippen LogP contribution in [0.1, 0.15) is 44.1 Å². The third-order valence-corrected chi connectivity index (χ3v) is 11.1. The maximum absolute atomic E-state index is 13.0. The van der Waals surface area contributed by atoms with E-state index in [0.717, 1.165) is 116 Å². The van der Waals surface area contributed by atoms with Gasteiger partial charge in [0.1, 0.15) is 5.82 Å². The molecule has 3 aliphatic heterocycles. The molecule has 3 saturated heterocycles. The van der Waals surface area contributed by atoms with Crippen LogP contribution in [0.2, 0.25) is 21.9 Å². The highest BCUT2D eigenvalue weighted by atomic mass is 35.5. The Morgan fingerprint density at radius 1 is 0.727 bits per heavy atom. The molecule has 10 nitrogen and oxygen atoms in total. The number of nitrogens with two attached hydrogens (primary N) is 2. The van der Waals surface area contributed by atoms with Crippen molar-refractivity contribution in [2.24, 2.45) is 5.92 Å². The average molecular weight is 808 g/mol. The molecule has 55 heavy (non-hydrogen) atoms. The lowest BCUT2D eigenvalue weighted by molar-refractivity contribution is -0.138. The molecule has 14 heteroatoms. The number of hydrogen-bond donors (Lipinski definition) is 5. The number of pyridine rings is 1. The van der Waals surface area contributed by atoms with Crippen molar-refractivity contribution < 1.29 is 9.82 Å². The molecule has 0 radical (unpaired) electrons. The van der Waals surface area contributed by atoms with Crippen molar-refractivity contribution in [1.29, 1.82) is 0 Å². The fourth-order valence-corrected chi connectivity index (χ4v) is 7.51. The SMILES string of the molecule is CB(O)N1CCC(Nc2ccc(Cl)cc2)CC1.Nc1cc(CN2CCC(C(=O)N3CCC(Nc4ccc(Cl)cc4)CC3)CC2)ccn1.Nc1ccc(Cl)cc1. The lowest BCUT2D eigenvalue weighted by Gasteiger charge is -2.37. The van der Waals surface area contributed by atoms with Gasteiger partial charge in [-0.3, -0.25) is 9.69 Å². The highest BCUT2D eigenvalue weighted by Crippen LogP contribution is 2.25. The first-order valence-corrected chi connectivity index (χ1v) is 20.3. The number of carbonyl (C=O) groups excluding carboxylic acids is 1. The number of nitrogens with one attached hydrogen (secondary N) is 2. The molecule has 3 fully saturated rings. The zero-order valence-electron chi connectivity index (χ0n) is 31.6. The predicted octanol–water partition coefficient (Wildman–Crippen LogP) is 7.88. The Kier molecular flexibility index (Phi) is 16.6. The van der Waals surface area contributed by atoms with Gasteiger partial charge < -0.3 is 36.8 Å². The van der Waals surface area contributed by atoms with E-state index in [1.54, 1.807) is 30.5 Å². The molecular weight excluding hydrogens is 754 g/mol. The summed E-state index contributed by atoms with van der Waals surface area (Å²) in [6.07, 6.45) is 7.71. The van der Waals surface area contributed by atoms with Crippen molar-refractivity contribution >= 4 is 70.6 Å². The normalized spacial score (nSPS) is 17.3. The van der Waals surface area contributed by atoms with Crippen LogP contribution in [-0.4, -0.2) is 88.9 Å². The van der Waals surface area contributed by atoms with Crippen LogP contribution in [0.15, 0.2) is 91.1 Å². The Labute approximate surface area is 341 Å². The molecular formula is C41H54BCl3N8O2. The summed E-state index contributed by atoms with van der Waals surface area (Å²) < 4.78 is 0. The van der Waals surface area contributed by atoms with Gasteiger partial charge in [0.05, 0.1) is 0 Å². The molecule has 0 atom stereocenters. The van der Waals surface area contributed by atoms with Gasteiger partial charge in [0, 0.05) is 76.0 Å². The van der Waals surface area contributed by atoms with Gasteiger partial charge in [-0.15, -0.1) is 0 Å². The zero-order valence-corrected chi connectivity index (χ0v) is 33.9. The summed E-state index contributed by atoms with van der Waals surface area (Å²) in [5.74, 6) is 1.06. The van der Waals surface area contributed by atoms with E-state index in [4.69, 9.17) is 46.3 Å². The van der Waals surface area contributed by atoms with Crippen LogP contribution in [0.3, 0.4) is 0 Å². The number of likely N-dealkylation sites (tertiary alicyclic amines) is 2. The molecule has 3 aromatic carbocycles. The maximum atomic E-state index is 13.0. The predicted molar refractivity (Wildman–Crippen MR) is 231 cm³/mol. The zero-order chi connectivity index (χ0) is 39.2. The number of carbonyl (C=O) groups is 1. The Hall–Kier alpha value is -3.71. The Balaban J connectivity index is 0.000000193. The van der Waals surface area contributed by atoms with Gasteiger partial charge in [-0.2, -0.15) is 0 Å². The highest BCUT2D eigenvalue weighted by molar-refractivity contribution is 6.45. The monoisotopic (exact) mass is 806 g/mol. The fraction of sp³-hybridized carbons (Fsp3) is 0.415. The fourth-order valence-electron chi connectivity index (χ4n) is 7.14. The molecule has 0 bridgehead atoms. The Morgan fingerprint density at radius 2 is 1.20 bits per heavy atom. The summed E-state index contributed by atoms with van der Waals surface area (Å²) in [6, 6.07) is 27.5. The number of nitrogen functional groups attached to an aromatic ring is 2. The molecule has 0 aliphatic carbocycles. The molecule has 3 aliphatic rings. The number of hydrogen-bond acceptors (Lipinski definition) is 9. The largest absolute Gasteiger partial charge is 0.437 e. The summed E-state index contributed by atoms with van der Waals surface area (Å²) in [4.78, 5) is 23.6. The number of halogens is 3. The molecule has 294 valence electrons. The molecule has 7 N–H and O–H groups in total. The Bertz CT molecular complexity index is 1710. The van der Waals surface area contributed by atoms with E-state index in [1.165, 1.54) is 5.56 Å². The van der Waals surface area contributed by atoms with Gasteiger partial charge in [-0.25, -0.2) is 4.98 Å². The van der Waals surface area contributed by atoms with E-state index in [2.05, 4.69) is 30.2 Å². The summed E-state index contributed by atoms with van der Waals surface area (Å²) in [7, 11) is -0.327. The molecule has 0 saturated carbocycles. The van der Waals surface area contributed by atoms with E-state index < -0.39 is 0 Å². The number of amides is 1. The van der Waals surface area contributed by atoms with Crippen LogP contribution < -0.4 is 22.1 Å². The first kappa shape index (κ1) is 42.4. The summed E-state index contributed by atoms with van der Waals surface area (Å²) in [5.41, 5.74) is 15.3. The van der Waals surface area contributed by atoms with Crippen molar-refractivity contribution in [2.45, 2.75) is 64.0 Å². The van der Waals surface area contributed by atoms with Crippen LogP contribution >= 0.6 is 34.8 Å². The van der Waals surface area contributed by atoms with Crippen LogP contribution in [0.25, 0.3) is 0 Å².